The van der Waals surface area contributed by atoms with Crippen molar-refractivity contribution in [2.75, 3.05) is 0 Å². The molecule has 1 aromatic carbocycles. The normalized spacial score (nSPS) is 12.7. The highest BCUT2D eigenvalue weighted by Crippen LogP contribution is 2.30. The molecule has 0 spiro atoms. The summed E-state index contributed by atoms with van der Waals surface area (Å²) in [5.41, 5.74) is 0.872. The van der Waals surface area contributed by atoms with E-state index in [-0.39, 0.29) is 17.4 Å². The van der Waals surface area contributed by atoms with Crippen molar-refractivity contribution in [3.05, 3.63) is 52.6 Å². The van der Waals surface area contributed by atoms with Gasteiger partial charge < -0.3 is 14.4 Å². The van der Waals surface area contributed by atoms with E-state index in [1.807, 2.05) is 0 Å². The number of nitrogens with zero attached hydrogens (tertiary/aromatic N) is 1. The third-order valence-corrected chi connectivity index (χ3v) is 3.50. The van der Waals surface area contributed by atoms with E-state index in [4.69, 9.17) is 11.6 Å². The number of aromatic nitrogens is 1. The summed E-state index contributed by atoms with van der Waals surface area (Å²) in [6.07, 6.45) is 2.90. The van der Waals surface area contributed by atoms with Crippen LogP contribution in [-0.2, 0) is 6.61 Å². The maximum absolute atomic E-state index is 13.5. The van der Waals surface area contributed by atoms with E-state index in [2.05, 4.69) is 4.74 Å². The van der Waals surface area contributed by atoms with Crippen molar-refractivity contribution in [3.63, 3.8) is 0 Å². The Labute approximate surface area is 124 Å². The molecule has 2 aromatic rings. The van der Waals surface area contributed by atoms with Crippen LogP contribution in [0.5, 0.6) is 5.75 Å². The first-order valence-electron chi connectivity index (χ1n) is 6.13. The fourth-order valence-electron chi connectivity index (χ4n) is 2.13. The molecule has 1 N–H and O–H groups in total. The molecule has 0 aliphatic rings. The van der Waals surface area contributed by atoms with Gasteiger partial charge in [0, 0.05) is 23.0 Å². The molecule has 1 aromatic heterocycles. The zero-order valence-corrected chi connectivity index (χ0v) is 11.8. The molecule has 0 unspecified atom stereocenters. The molecule has 0 fully saturated rings. The predicted molar refractivity (Wildman–Crippen MR) is 72.2 cm³/mol. The van der Waals surface area contributed by atoms with Crippen molar-refractivity contribution in [1.82, 2.24) is 4.57 Å². The molecule has 7 heteroatoms. The molecule has 0 bridgehead atoms. The fraction of sp³-hybridized carbons (Fsp3) is 0.286. The molecule has 0 aliphatic carbocycles. The van der Waals surface area contributed by atoms with Crippen molar-refractivity contribution >= 4 is 11.6 Å². The number of aliphatic hydroxyl groups excluding tert-OH is 1. The Bertz CT molecular complexity index is 631. The molecule has 1 atom stereocenters. The van der Waals surface area contributed by atoms with Gasteiger partial charge in [-0.3, -0.25) is 0 Å². The molecule has 0 radical (unpaired) electrons. The molecule has 3 nitrogen and oxygen atoms in total. The number of alkyl halides is 2. The van der Waals surface area contributed by atoms with Crippen LogP contribution in [0.1, 0.15) is 24.1 Å². The Morgan fingerprint density at radius 3 is 2.71 bits per heavy atom. The second-order valence-corrected chi connectivity index (χ2v) is 4.87. The summed E-state index contributed by atoms with van der Waals surface area (Å²) in [4.78, 5) is 0. The Morgan fingerprint density at radius 1 is 1.38 bits per heavy atom. The lowest BCUT2D eigenvalue weighted by atomic mass is 10.0. The highest BCUT2D eigenvalue weighted by molar-refractivity contribution is 6.31. The summed E-state index contributed by atoms with van der Waals surface area (Å²) >= 11 is 5.91. The van der Waals surface area contributed by atoms with Crippen molar-refractivity contribution in [2.24, 2.45) is 0 Å². The van der Waals surface area contributed by atoms with E-state index in [0.717, 1.165) is 6.07 Å². The Hall–Kier alpha value is -1.66. The minimum absolute atomic E-state index is 0.00454. The number of aliphatic hydroxyl groups is 1. The van der Waals surface area contributed by atoms with Gasteiger partial charge in [-0.05, 0) is 30.7 Å². The third kappa shape index (κ3) is 3.51. The minimum Gasteiger partial charge on any atom is -0.433 e. The maximum Gasteiger partial charge on any atom is 0.387 e. The number of rotatable bonds is 5. The lowest BCUT2D eigenvalue weighted by Gasteiger charge is -2.18. The van der Waals surface area contributed by atoms with Gasteiger partial charge in [-0.2, -0.15) is 8.78 Å². The molecular weight excluding hydrogens is 307 g/mol. The molecule has 0 aliphatic heterocycles. The van der Waals surface area contributed by atoms with Gasteiger partial charge in [-0.15, -0.1) is 0 Å². The van der Waals surface area contributed by atoms with Crippen LogP contribution < -0.4 is 4.74 Å². The van der Waals surface area contributed by atoms with E-state index in [1.165, 1.54) is 24.5 Å². The zero-order valence-electron chi connectivity index (χ0n) is 11.1. The minimum atomic E-state index is -2.91. The van der Waals surface area contributed by atoms with Gasteiger partial charge in [-0.1, -0.05) is 11.6 Å². The van der Waals surface area contributed by atoms with Crippen LogP contribution in [0.4, 0.5) is 13.2 Å². The van der Waals surface area contributed by atoms with E-state index >= 15 is 0 Å². The lowest BCUT2D eigenvalue weighted by molar-refractivity contribution is -0.0498. The summed E-state index contributed by atoms with van der Waals surface area (Å²) in [5, 5.41) is 9.49. The Balaban J connectivity index is 2.35. The summed E-state index contributed by atoms with van der Waals surface area (Å²) in [6, 6.07) is 3.35. The first-order chi connectivity index (χ1) is 9.92. The highest BCUT2D eigenvalue weighted by atomic mass is 35.5. The fourth-order valence-corrected chi connectivity index (χ4v) is 2.40. The van der Waals surface area contributed by atoms with Gasteiger partial charge in [0.25, 0.3) is 0 Å². The van der Waals surface area contributed by atoms with Gasteiger partial charge >= 0.3 is 6.61 Å². The van der Waals surface area contributed by atoms with Crippen LogP contribution in [0.25, 0.3) is 0 Å². The topological polar surface area (TPSA) is 34.4 Å². The zero-order chi connectivity index (χ0) is 15.6. The summed E-state index contributed by atoms with van der Waals surface area (Å²) < 4.78 is 43.6. The van der Waals surface area contributed by atoms with Crippen LogP contribution in [0.15, 0.2) is 30.6 Å². The van der Waals surface area contributed by atoms with Crippen molar-refractivity contribution < 1.29 is 23.0 Å². The quantitative estimate of drug-likeness (QED) is 0.904. The Kier molecular flexibility index (Phi) is 4.80. The summed E-state index contributed by atoms with van der Waals surface area (Å²) in [6.45, 7) is -1.52. The molecule has 21 heavy (non-hydrogen) atoms. The van der Waals surface area contributed by atoms with Crippen molar-refractivity contribution in [3.8, 4) is 5.75 Å². The third-order valence-electron chi connectivity index (χ3n) is 3.16. The van der Waals surface area contributed by atoms with Gasteiger partial charge in [0.2, 0.25) is 0 Å². The van der Waals surface area contributed by atoms with Crippen LogP contribution in [-0.4, -0.2) is 16.3 Å². The van der Waals surface area contributed by atoms with Gasteiger partial charge in [-0.25, -0.2) is 4.39 Å². The molecule has 114 valence electrons. The lowest BCUT2D eigenvalue weighted by Crippen LogP contribution is -2.09. The smallest absolute Gasteiger partial charge is 0.387 e. The number of hydrogen-bond donors (Lipinski definition) is 1. The average Bonchev–Trinajstić information content (AvgIpc) is 2.84. The van der Waals surface area contributed by atoms with Crippen LogP contribution in [0, 0.1) is 5.82 Å². The first kappa shape index (κ1) is 15.7. The van der Waals surface area contributed by atoms with E-state index in [9.17, 15) is 18.3 Å². The number of halogens is 4. The molecule has 0 saturated heterocycles. The maximum atomic E-state index is 13.5. The second kappa shape index (κ2) is 6.41. The monoisotopic (exact) mass is 319 g/mol. The van der Waals surface area contributed by atoms with Crippen LogP contribution >= 0.6 is 11.6 Å². The van der Waals surface area contributed by atoms with E-state index in [1.54, 1.807) is 11.5 Å². The second-order valence-electron chi connectivity index (χ2n) is 4.46. The highest BCUT2D eigenvalue weighted by Gasteiger charge is 2.17. The number of benzene rings is 1. The molecule has 1 heterocycles. The standard InChI is InChI=1S/C14H13ClF3NO2/c1-8(19-3-2-10(6-19)21-14(17)18)11-4-9(16)5-13(15)12(11)7-20/h2-6,8,14,20H,7H2,1H3/t8-/m0/s1. The molecular formula is C14H13ClF3NO2. The largest absolute Gasteiger partial charge is 0.433 e. The number of ether oxygens (including phenoxy) is 1. The predicted octanol–water partition coefficient (Wildman–Crippen LogP) is 3.98. The van der Waals surface area contributed by atoms with Gasteiger partial charge in [0.1, 0.15) is 11.6 Å². The van der Waals surface area contributed by atoms with Gasteiger partial charge in [0.05, 0.1) is 12.6 Å². The first-order valence-corrected chi connectivity index (χ1v) is 6.51. The summed E-state index contributed by atoms with van der Waals surface area (Å²) in [7, 11) is 0. The van der Waals surface area contributed by atoms with E-state index < -0.39 is 18.5 Å². The van der Waals surface area contributed by atoms with Crippen molar-refractivity contribution in [2.45, 2.75) is 26.2 Å². The SMILES string of the molecule is C[C@@H](c1cc(F)cc(Cl)c1CO)n1ccc(OC(F)F)c1. The van der Waals surface area contributed by atoms with Gasteiger partial charge in [0.15, 0.2) is 0 Å². The molecule has 0 saturated carbocycles. The van der Waals surface area contributed by atoms with Crippen molar-refractivity contribution in [1.29, 1.82) is 0 Å². The summed E-state index contributed by atoms with van der Waals surface area (Å²) in [5.74, 6) is -0.528. The Morgan fingerprint density at radius 2 is 2.10 bits per heavy atom. The molecule has 0 amide bonds. The molecule has 2 rings (SSSR count). The van der Waals surface area contributed by atoms with Crippen LogP contribution in [0.3, 0.4) is 0 Å². The van der Waals surface area contributed by atoms with Crippen LogP contribution in [0.2, 0.25) is 5.02 Å². The van der Waals surface area contributed by atoms with E-state index in [0.29, 0.717) is 11.1 Å². The average molecular weight is 320 g/mol. The number of hydrogen-bond acceptors (Lipinski definition) is 2.